The van der Waals surface area contributed by atoms with Crippen LogP contribution in [0.4, 0.5) is 13.2 Å². The Morgan fingerprint density at radius 1 is 1.31 bits per heavy atom. The fraction of sp³-hybridized carbons (Fsp3) is 0.455. The van der Waals surface area contributed by atoms with Crippen LogP contribution in [-0.2, 0) is 11.2 Å². The fourth-order valence-corrected chi connectivity index (χ4v) is 1.76. The number of hydrogen-bond acceptors (Lipinski definition) is 1. The van der Waals surface area contributed by atoms with E-state index in [2.05, 4.69) is 4.74 Å². The molecular weight excluding hydrogens is 241 g/mol. The molecule has 1 unspecified atom stereocenters. The summed E-state index contributed by atoms with van der Waals surface area (Å²) >= 11 is 5.76. The summed E-state index contributed by atoms with van der Waals surface area (Å²) in [5.41, 5.74) is 0.799. The van der Waals surface area contributed by atoms with E-state index in [1.54, 1.807) is 6.07 Å². The molecule has 1 rings (SSSR count). The third kappa shape index (κ3) is 3.12. The molecule has 0 aliphatic rings. The number of alkyl halides is 3. The first-order valence-corrected chi connectivity index (χ1v) is 5.15. The van der Waals surface area contributed by atoms with Gasteiger partial charge in [0.05, 0.1) is 0 Å². The van der Waals surface area contributed by atoms with Crippen LogP contribution in [0.3, 0.4) is 0 Å². The van der Waals surface area contributed by atoms with E-state index in [0.717, 1.165) is 12.7 Å². The second-order valence-electron chi connectivity index (χ2n) is 3.40. The number of methoxy groups -OCH3 is 1. The predicted octanol–water partition coefficient (Wildman–Crippen LogP) is 4.15. The summed E-state index contributed by atoms with van der Waals surface area (Å²) in [4.78, 5) is 0. The molecule has 0 N–H and O–H groups in total. The van der Waals surface area contributed by atoms with Crippen LogP contribution in [0.25, 0.3) is 0 Å². The number of ether oxygens (including phenoxy) is 1. The lowest BCUT2D eigenvalue weighted by molar-refractivity contribution is -0.215. The third-order valence-electron chi connectivity index (χ3n) is 2.22. The Kier molecular flexibility index (Phi) is 4.21. The Morgan fingerprint density at radius 3 is 2.38 bits per heavy atom. The van der Waals surface area contributed by atoms with E-state index in [9.17, 15) is 13.2 Å². The maximum Gasteiger partial charge on any atom is 0.418 e. The highest BCUT2D eigenvalue weighted by Crippen LogP contribution is 2.36. The van der Waals surface area contributed by atoms with Crippen molar-refractivity contribution in [3.63, 3.8) is 0 Å². The van der Waals surface area contributed by atoms with Gasteiger partial charge in [-0.05, 0) is 29.7 Å². The predicted molar refractivity (Wildman–Crippen MR) is 56.6 cm³/mol. The van der Waals surface area contributed by atoms with Gasteiger partial charge in [0, 0.05) is 12.1 Å². The van der Waals surface area contributed by atoms with Gasteiger partial charge in [-0.3, -0.25) is 0 Å². The molecule has 1 aromatic rings. The maximum absolute atomic E-state index is 12.6. The molecule has 0 aliphatic heterocycles. The van der Waals surface area contributed by atoms with Crippen LogP contribution in [0.5, 0.6) is 0 Å². The molecule has 0 amide bonds. The third-order valence-corrected chi connectivity index (χ3v) is 2.44. The minimum Gasteiger partial charge on any atom is -0.367 e. The zero-order chi connectivity index (χ0) is 12.3. The molecule has 0 aromatic heterocycles. The summed E-state index contributed by atoms with van der Waals surface area (Å²) in [5.74, 6) is 0. The molecule has 0 aliphatic carbocycles. The van der Waals surface area contributed by atoms with E-state index < -0.39 is 12.3 Å². The van der Waals surface area contributed by atoms with Gasteiger partial charge >= 0.3 is 6.18 Å². The van der Waals surface area contributed by atoms with Gasteiger partial charge in [0.25, 0.3) is 0 Å². The summed E-state index contributed by atoms with van der Waals surface area (Å²) in [5, 5.41) is 0.292. The molecule has 0 fully saturated rings. The average Bonchev–Trinajstić information content (AvgIpc) is 2.15. The maximum atomic E-state index is 12.6. The van der Waals surface area contributed by atoms with Crippen LogP contribution in [0.2, 0.25) is 5.02 Å². The Hall–Kier alpha value is -0.740. The van der Waals surface area contributed by atoms with E-state index in [0.29, 0.717) is 11.4 Å². The molecule has 1 atom stereocenters. The lowest BCUT2D eigenvalue weighted by Crippen LogP contribution is -2.22. The van der Waals surface area contributed by atoms with Crippen molar-refractivity contribution in [1.82, 2.24) is 0 Å². The molecule has 5 heteroatoms. The zero-order valence-electron chi connectivity index (χ0n) is 8.94. The highest BCUT2D eigenvalue weighted by atomic mass is 35.5. The standard InChI is InChI=1S/C11H12ClF3O/c1-3-7-4-8(6-9(12)5-7)10(16-2)11(13,14)15/h4-6,10H,3H2,1-2H3. The first kappa shape index (κ1) is 13.3. The van der Waals surface area contributed by atoms with Crippen molar-refractivity contribution in [3.8, 4) is 0 Å². The Balaban J connectivity index is 3.15. The number of benzene rings is 1. The highest BCUT2D eigenvalue weighted by Gasteiger charge is 2.41. The zero-order valence-corrected chi connectivity index (χ0v) is 9.69. The second-order valence-corrected chi connectivity index (χ2v) is 3.84. The summed E-state index contributed by atoms with van der Waals surface area (Å²) in [6, 6.07) is 4.39. The number of halogens is 4. The number of aryl methyl sites for hydroxylation is 1. The van der Waals surface area contributed by atoms with E-state index in [-0.39, 0.29) is 5.56 Å². The van der Waals surface area contributed by atoms with Crippen molar-refractivity contribution in [3.05, 3.63) is 34.3 Å². The van der Waals surface area contributed by atoms with Crippen molar-refractivity contribution >= 4 is 11.6 Å². The normalized spacial score (nSPS) is 13.9. The van der Waals surface area contributed by atoms with Crippen LogP contribution in [0, 0.1) is 0 Å². The van der Waals surface area contributed by atoms with E-state index in [1.807, 2.05) is 6.92 Å². The molecule has 0 saturated heterocycles. The smallest absolute Gasteiger partial charge is 0.367 e. The minimum atomic E-state index is -4.43. The van der Waals surface area contributed by atoms with Gasteiger partial charge in [0.15, 0.2) is 6.10 Å². The highest BCUT2D eigenvalue weighted by molar-refractivity contribution is 6.30. The average molecular weight is 253 g/mol. The summed E-state index contributed by atoms with van der Waals surface area (Å²) < 4.78 is 42.3. The minimum absolute atomic E-state index is 0.0411. The molecule has 0 saturated carbocycles. The first-order chi connectivity index (χ1) is 7.38. The molecule has 1 nitrogen and oxygen atoms in total. The quantitative estimate of drug-likeness (QED) is 0.785. The van der Waals surface area contributed by atoms with Crippen LogP contribution < -0.4 is 0 Å². The van der Waals surface area contributed by atoms with Crippen LogP contribution in [0.15, 0.2) is 18.2 Å². The fourth-order valence-electron chi connectivity index (χ4n) is 1.49. The molecule has 0 spiro atoms. The van der Waals surface area contributed by atoms with Gasteiger partial charge in [-0.1, -0.05) is 24.6 Å². The van der Waals surface area contributed by atoms with Gasteiger partial charge < -0.3 is 4.74 Å². The number of rotatable bonds is 3. The molecule has 0 heterocycles. The summed E-state index contributed by atoms with van der Waals surface area (Å²) in [7, 11) is 1.03. The SMILES string of the molecule is CCc1cc(Cl)cc(C(OC)C(F)(F)F)c1. The molecular formula is C11H12ClF3O. The summed E-state index contributed by atoms with van der Waals surface area (Å²) in [6.45, 7) is 1.85. The Labute approximate surface area is 97.2 Å². The topological polar surface area (TPSA) is 9.23 Å². The second kappa shape index (κ2) is 5.06. The van der Waals surface area contributed by atoms with Gasteiger partial charge in [0.2, 0.25) is 0 Å². The van der Waals surface area contributed by atoms with Crippen LogP contribution in [-0.4, -0.2) is 13.3 Å². The Morgan fingerprint density at radius 2 is 1.94 bits per heavy atom. The molecule has 16 heavy (non-hydrogen) atoms. The van der Waals surface area contributed by atoms with Crippen molar-refractivity contribution in [2.75, 3.05) is 7.11 Å². The van der Waals surface area contributed by atoms with Gasteiger partial charge in [0.1, 0.15) is 0 Å². The lowest BCUT2D eigenvalue weighted by Gasteiger charge is -2.19. The van der Waals surface area contributed by atoms with E-state index in [1.165, 1.54) is 12.1 Å². The van der Waals surface area contributed by atoms with Crippen molar-refractivity contribution in [2.24, 2.45) is 0 Å². The molecule has 0 radical (unpaired) electrons. The molecule has 90 valence electrons. The lowest BCUT2D eigenvalue weighted by atomic mass is 10.0. The first-order valence-electron chi connectivity index (χ1n) is 4.77. The van der Waals surface area contributed by atoms with Crippen molar-refractivity contribution in [2.45, 2.75) is 25.6 Å². The number of hydrogen-bond donors (Lipinski definition) is 0. The van der Waals surface area contributed by atoms with Gasteiger partial charge in [-0.15, -0.1) is 0 Å². The monoisotopic (exact) mass is 252 g/mol. The molecule has 0 bridgehead atoms. The van der Waals surface area contributed by atoms with Crippen molar-refractivity contribution in [1.29, 1.82) is 0 Å². The largest absolute Gasteiger partial charge is 0.418 e. The van der Waals surface area contributed by atoms with Gasteiger partial charge in [-0.25, -0.2) is 0 Å². The van der Waals surface area contributed by atoms with Crippen molar-refractivity contribution < 1.29 is 17.9 Å². The van der Waals surface area contributed by atoms with Crippen LogP contribution >= 0.6 is 11.6 Å². The van der Waals surface area contributed by atoms with Gasteiger partial charge in [-0.2, -0.15) is 13.2 Å². The van der Waals surface area contributed by atoms with Crippen LogP contribution in [0.1, 0.15) is 24.2 Å². The van der Waals surface area contributed by atoms with E-state index in [4.69, 9.17) is 11.6 Å². The molecule has 1 aromatic carbocycles. The Bertz CT molecular complexity index is 363. The van der Waals surface area contributed by atoms with E-state index >= 15 is 0 Å². The summed E-state index contributed by atoms with van der Waals surface area (Å²) in [6.07, 6.45) is -5.72.